The summed E-state index contributed by atoms with van der Waals surface area (Å²) in [5.41, 5.74) is 3.67. The second-order valence-electron chi connectivity index (χ2n) is 6.26. The maximum absolute atomic E-state index is 12.4. The Morgan fingerprint density at radius 3 is 2.62 bits per heavy atom. The first-order valence-corrected chi connectivity index (χ1v) is 8.42. The molecule has 2 aromatic rings. The molecule has 24 heavy (non-hydrogen) atoms. The van der Waals surface area contributed by atoms with Crippen molar-refractivity contribution in [1.29, 1.82) is 0 Å². The van der Waals surface area contributed by atoms with Gasteiger partial charge in [0.15, 0.2) is 0 Å². The normalized spacial score (nSPS) is 17.6. The van der Waals surface area contributed by atoms with E-state index in [-0.39, 0.29) is 5.91 Å². The van der Waals surface area contributed by atoms with Gasteiger partial charge in [0.05, 0.1) is 6.10 Å². The van der Waals surface area contributed by atoms with E-state index in [1.54, 1.807) is 7.11 Å². The lowest BCUT2D eigenvalue weighted by molar-refractivity contribution is 0.0893. The predicted molar refractivity (Wildman–Crippen MR) is 97.8 cm³/mol. The molecule has 0 radical (unpaired) electrons. The third kappa shape index (κ3) is 3.77. The molecule has 0 aromatic heterocycles. The highest BCUT2D eigenvalue weighted by Crippen LogP contribution is 2.23. The Hall–Kier alpha value is -2.33. The van der Waals surface area contributed by atoms with Gasteiger partial charge in [-0.25, -0.2) is 0 Å². The van der Waals surface area contributed by atoms with Crippen LogP contribution in [0, 0.1) is 6.92 Å². The van der Waals surface area contributed by atoms with Crippen LogP contribution in [0.25, 0.3) is 0 Å². The second-order valence-corrected chi connectivity index (χ2v) is 6.26. The summed E-state index contributed by atoms with van der Waals surface area (Å²) >= 11 is 0. The fourth-order valence-corrected chi connectivity index (χ4v) is 3.15. The van der Waals surface area contributed by atoms with Gasteiger partial charge in [-0.1, -0.05) is 18.2 Å². The third-order valence-electron chi connectivity index (χ3n) is 4.59. The summed E-state index contributed by atoms with van der Waals surface area (Å²) in [6, 6.07) is 15.7. The molecule has 0 unspecified atom stereocenters. The highest BCUT2D eigenvalue weighted by Gasteiger charge is 2.19. The lowest BCUT2D eigenvalue weighted by atomic mass is 10.1. The van der Waals surface area contributed by atoms with Crippen molar-refractivity contribution < 1.29 is 9.53 Å². The predicted octanol–water partition coefficient (Wildman–Crippen LogP) is 3.86. The molecular weight excluding hydrogens is 300 g/mol. The van der Waals surface area contributed by atoms with Gasteiger partial charge in [0, 0.05) is 37.1 Å². The molecule has 1 aliphatic heterocycles. The van der Waals surface area contributed by atoms with Gasteiger partial charge in [0.2, 0.25) is 0 Å². The Morgan fingerprint density at radius 2 is 1.92 bits per heavy atom. The van der Waals surface area contributed by atoms with Gasteiger partial charge in [0.25, 0.3) is 5.91 Å². The number of rotatable bonds is 4. The number of anilines is 2. The van der Waals surface area contributed by atoms with Crippen molar-refractivity contribution in [2.45, 2.75) is 25.9 Å². The van der Waals surface area contributed by atoms with Crippen LogP contribution in [0.15, 0.2) is 48.5 Å². The van der Waals surface area contributed by atoms with E-state index in [2.05, 4.69) is 22.3 Å². The molecule has 1 saturated heterocycles. The first kappa shape index (κ1) is 16.5. The van der Waals surface area contributed by atoms with E-state index >= 15 is 0 Å². The molecule has 1 amide bonds. The number of nitrogens with one attached hydrogen (secondary N) is 1. The number of hydrogen-bond donors (Lipinski definition) is 1. The molecule has 0 spiro atoms. The summed E-state index contributed by atoms with van der Waals surface area (Å²) in [6.07, 6.45) is 2.57. The molecule has 1 aliphatic rings. The van der Waals surface area contributed by atoms with Gasteiger partial charge >= 0.3 is 0 Å². The van der Waals surface area contributed by atoms with Crippen LogP contribution in [-0.2, 0) is 4.74 Å². The molecule has 4 nitrogen and oxygen atoms in total. The quantitative estimate of drug-likeness (QED) is 0.928. The zero-order valence-corrected chi connectivity index (χ0v) is 14.3. The van der Waals surface area contributed by atoms with Crippen LogP contribution in [-0.4, -0.2) is 32.2 Å². The zero-order valence-electron chi connectivity index (χ0n) is 14.3. The summed E-state index contributed by atoms with van der Waals surface area (Å²) in [4.78, 5) is 14.7. The summed E-state index contributed by atoms with van der Waals surface area (Å²) in [5, 5.41) is 2.97. The molecule has 0 saturated carbocycles. The van der Waals surface area contributed by atoms with Crippen LogP contribution < -0.4 is 10.2 Å². The highest BCUT2D eigenvalue weighted by molar-refractivity contribution is 6.05. The third-order valence-corrected chi connectivity index (χ3v) is 4.59. The molecule has 0 bridgehead atoms. The number of piperidine rings is 1. The summed E-state index contributed by atoms with van der Waals surface area (Å²) < 4.78 is 5.48. The lowest BCUT2D eigenvalue weighted by Crippen LogP contribution is -2.39. The van der Waals surface area contributed by atoms with Crippen molar-refractivity contribution in [3.8, 4) is 0 Å². The number of carbonyl (C=O) groups excluding carboxylic acids is 1. The number of amides is 1. The van der Waals surface area contributed by atoms with E-state index in [9.17, 15) is 4.79 Å². The number of ether oxygens (including phenoxy) is 1. The second kappa shape index (κ2) is 7.49. The molecule has 4 heteroatoms. The zero-order chi connectivity index (χ0) is 16.9. The Balaban J connectivity index is 1.66. The number of nitrogens with zero attached hydrogens (tertiary/aromatic N) is 1. The molecule has 0 aliphatic carbocycles. The standard InChI is InChI=1S/C20H24N2O2/c1-15-6-3-4-8-19(15)20(23)21-16-9-11-17(12-10-16)22-13-5-7-18(14-22)24-2/h3-4,6,8-12,18H,5,7,13-14H2,1-2H3,(H,21,23)/t18-/m1/s1. The largest absolute Gasteiger partial charge is 0.380 e. The smallest absolute Gasteiger partial charge is 0.255 e. The maximum Gasteiger partial charge on any atom is 0.255 e. The Bertz CT molecular complexity index is 697. The summed E-state index contributed by atoms with van der Waals surface area (Å²) in [6.45, 7) is 3.92. The topological polar surface area (TPSA) is 41.6 Å². The Labute approximate surface area is 143 Å². The average molecular weight is 324 g/mol. The minimum atomic E-state index is -0.0710. The average Bonchev–Trinajstić information content (AvgIpc) is 2.62. The molecular formula is C20H24N2O2. The van der Waals surface area contributed by atoms with Gasteiger partial charge in [-0.3, -0.25) is 4.79 Å². The molecule has 3 rings (SSSR count). The van der Waals surface area contributed by atoms with Crippen molar-refractivity contribution in [3.05, 3.63) is 59.7 Å². The lowest BCUT2D eigenvalue weighted by Gasteiger charge is -2.33. The van der Waals surface area contributed by atoms with Crippen LogP contribution in [0.1, 0.15) is 28.8 Å². The van der Waals surface area contributed by atoms with Gasteiger partial charge in [-0.15, -0.1) is 0 Å². The minimum Gasteiger partial charge on any atom is -0.380 e. The number of benzene rings is 2. The van der Waals surface area contributed by atoms with Gasteiger partial charge in [-0.05, 0) is 55.7 Å². The van der Waals surface area contributed by atoms with Crippen molar-refractivity contribution in [1.82, 2.24) is 0 Å². The van der Waals surface area contributed by atoms with E-state index in [1.165, 1.54) is 5.69 Å². The van der Waals surface area contributed by atoms with Crippen molar-refractivity contribution >= 4 is 17.3 Å². The highest BCUT2D eigenvalue weighted by atomic mass is 16.5. The molecule has 1 N–H and O–H groups in total. The SMILES string of the molecule is CO[C@@H]1CCCN(c2ccc(NC(=O)c3ccccc3C)cc2)C1. The molecule has 1 heterocycles. The fraction of sp³-hybridized carbons (Fsp3) is 0.350. The van der Waals surface area contributed by atoms with E-state index in [0.717, 1.165) is 37.2 Å². The van der Waals surface area contributed by atoms with Crippen LogP contribution in [0.2, 0.25) is 0 Å². The maximum atomic E-state index is 12.4. The van der Waals surface area contributed by atoms with E-state index in [1.807, 2.05) is 43.3 Å². The van der Waals surface area contributed by atoms with E-state index in [4.69, 9.17) is 4.74 Å². The molecule has 1 atom stereocenters. The first-order chi connectivity index (χ1) is 11.7. The summed E-state index contributed by atoms with van der Waals surface area (Å²) in [7, 11) is 1.78. The molecule has 126 valence electrons. The van der Waals surface area contributed by atoms with Gasteiger partial charge in [0.1, 0.15) is 0 Å². The molecule has 2 aromatic carbocycles. The van der Waals surface area contributed by atoms with Gasteiger partial charge in [-0.2, -0.15) is 0 Å². The number of hydrogen-bond acceptors (Lipinski definition) is 3. The van der Waals surface area contributed by atoms with Crippen molar-refractivity contribution in [2.75, 3.05) is 30.4 Å². The van der Waals surface area contributed by atoms with Crippen molar-refractivity contribution in [3.63, 3.8) is 0 Å². The Morgan fingerprint density at radius 1 is 1.17 bits per heavy atom. The van der Waals surface area contributed by atoms with Crippen LogP contribution in [0.4, 0.5) is 11.4 Å². The van der Waals surface area contributed by atoms with Gasteiger partial charge < -0.3 is 15.0 Å². The van der Waals surface area contributed by atoms with Crippen LogP contribution in [0.3, 0.4) is 0 Å². The van der Waals surface area contributed by atoms with E-state index < -0.39 is 0 Å². The summed E-state index contributed by atoms with van der Waals surface area (Å²) in [5.74, 6) is -0.0710. The Kier molecular flexibility index (Phi) is 5.16. The minimum absolute atomic E-state index is 0.0710. The number of carbonyl (C=O) groups is 1. The van der Waals surface area contributed by atoms with Crippen molar-refractivity contribution in [2.24, 2.45) is 0 Å². The van der Waals surface area contributed by atoms with Crippen LogP contribution in [0.5, 0.6) is 0 Å². The van der Waals surface area contributed by atoms with E-state index in [0.29, 0.717) is 11.7 Å². The monoisotopic (exact) mass is 324 g/mol. The number of aryl methyl sites for hydroxylation is 1. The number of methoxy groups -OCH3 is 1. The molecule has 1 fully saturated rings. The fourth-order valence-electron chi connectivity index (χ4n) is 3.15. The first-order valence-electron chi connectivity index (χ1n) is 8.42. The van der Waals surface area contributed by atoms with Crippen LogP contribution >= 0.6 is 0 Å².